The third-order valence-electron chi connectivity index (χ3n) is 3.27. The maximum absolute atomic E-state index is 13.3. The molecular formula is C12F22O2. The Morgan fingerprint density at radius 2 is 0.528 bits per heavy atom. The first-order valence-corrected chi connectivity index (χ1v) is 7.22. The van der Waals surface area contributed by atoms with Crippen molar-refractivity contribution in [2.75, 3.05) is 0 Å². The quantitative estimate of drug-likeness (QED) is 0.225. The number of alkyl halides is 16. The molecule has 0 aromatic heterocycles. The molecule has 0 heterocycles. The summed E-state index contributed by atoms with van der Waals surface area (Å²) in [5, 5.41) is 0. The lowest BCUT2D eigenvalue weighted by Gasteiger charge is -2.41. The van der Waals surface area contributed by atoms with Gasteiger partial charge < -0.3 is 0 Å². The summed E-state index contributed by atoms with van der Waals surface area (Å²) in [5.74, 6) is -44.2. The third kappa shape index (κ3) is 5.41. The van der Waals surface area contributed by atoms with Gasteiger partial charge in [0, 0.05) is 0 Å². The summed E-state index contributed by atoms with van der Waals surface area (Å²) in [6.45, 7) is 0. The van der Waals surface area contributed by atoms with E-state index in [9.17, 15) is 96.6 Å². The molecule has 0 radical (unpaired) electrons. The fourth-order valence-electron chi connectivity index (χ4n) is 1.52. The first-order valence-electron chi connectivity index (χ1n) is 7.22. The van der Waals surface area contributed by atoms with Crippen LogP contribution in [-0.4, -0.2) is 48.1 Å². The predicted molar refractivity (Wildman–Crippen MR) is 62.4 cm³/mol. The molecule has 2 nitrogen and oxygen atoms in total. The minimum absolute atomic E-state index is 1.27. The number of hydrogen-bond donors (Lipinski definition) is 0. The van der Waals surface area contributed by atoms with Crippen molar-refractivity contribution in [2.24, 2.45) is 0 Å². The Bertz CT molecular complexity index is 803. The van der Waals surface area contributed by atoms with Crippen LogP contribution in [0.25, 0.3) is 0 Å². The van der Waals surface area contributed by atoms with Crippen LogP contribution in [0.5, 0.6) is 0 Å². The zero-order chi connectivity index (χ0) is 29.7. The first-order chi connectivity index (χ1) is 15.4. The average molecular weight is 594 g/mol. The van der Waals surface area contributed by atoms with Gasteiger partial charge in [0.1, 0.15) is 0 Å². The van der Waals surface area contributed by atoms with Gasteiger partial charge in [0.05, 0.1) is 0 Å². The molecule has 0 saturated carbocycles. The molecule has 0 aromatic rings. The van der Waals surface area contributed by atoms with Crippen LogP contribution in [-0.2, 0) is 9.47 Å². The molecule has 214 valence electrons. The standard InChI is InChI=1S/C12F22O2/c13-1(3(15)16)5(19,20)35-11(31,32)9(27,28)7(23,24)8(25,26)10(29,30)12(33,34)36-6(21,22)2(14)4(17)18. The van der Waals surface area contributed by atoms with Gasteiger partial charge in [-0.25, -0.2) is 9.47 Å². The summed E-state index contributed by atoms with van der Waals surface area (Å²) < 4.78 is 283. The molecular weight excluding hydrogens is 594 g/mol. The lowest BCUT2D eigenvalue weighted by Crippen LogP contribution is -2.72. The van der Waals surface area contributed by atoms with Crippen LogP contribution in [0.3, 0.4) is 0 Å². The number of halogens is 22. The summed E-state index contributed by atoms with van der Waals surface area (Å²) in [6, 6.07) is 0. The van der Waals surface area contributed by atoms with Crippen molar-refractivity contribution >= 4 is 0 Å². The van der Waals surface area contributed by atoms with Gasteiger partial charge in [0.2, 0.25) is 0 Å². The maximum atomic E-state index is 13.3. The largest absolute Gasteiger partial charge is 0.430 e. The van der Waals surface area contributed by atoms with E-state index in [1.54, 1.807) is 0 Å². The molecule has 24 heteroatoms. The van der Waals surface area contributed by atoms with Crippen molar-refractivity contribution in [3.8, 4) is 0 Å². The zero-order valence-corrected chi connectivity index (χ0v) is 15.1. The minimum Gasteiger partial charge on any atom is -0.244 e. The van der Waals surface area contributed by atoms with Gasteiger partial charge in [-0.3, -0.25) is 0 Å². The van der Waals surface area contributed by atoms with E-state index in [1.807, 2.05) is 0 Å². The Hall–Kier alpha value is -2.14. The van der Waals surface area contributed by atoms with Crippen molar-refractivity contribution in [2.45, 2.75) is 48.1 Å². The summed E-state index contributed by atoms with van der Waals surface area (Å²) in [7, 11) is 0. The van der Waals surface area contributed by atoms with Crippen LogP contribution < -0.4 is 0 Å². The fourth-order valence-corrected chi connectivity index (χ4v) is 1.52. The van der Waals surface area contributed by atoms with E-state index in [0.717, 1.165) is 0 Å². The highest BCUT2D eigenvalue weighted by Crippen LogP contribution is 2.61. The minimum atomic E-state index is -8.89. The second-order valence-corrected chi connectivity index (χ2v) is 5.72. The molecule has 0 fully saturated rings. The lowest BCUT2D eigenvalue weighted by atomic mass is 9.97. The molecule has 0 bridgehead atoms. The molecule has 0 aliphatic carbocycles. The van der Waals surface area contributed by atoms with E-state index in [0.29, 0.717) is 0 Å². The highest BCUT2D eigenvalue weighted by Gasteiger charge is 2.92. The molecule has 0 aliphatic heterocycles. The van der Waals surface area contributed by atoms with Crippen LogP contribution in [0.4, 0.5) is 96.6 Å². The number of rotatable bonds is 11. The molecule has 0 rings (SSSR count). The van der Waals surface area contributed by atoms with E-state index in [2.05, 4.69) is 0 Å². The van der Waals surface area contributed by atoms with Gasteiger partial charge in [-0.1, -0.05) is 0 Å². The Morgan fingerprint density at radius 1 is 0.333 bits per heavy atom. The Kier molecular flexibility index (Phi) is 8.76. The first kappa shape index (κ1) is 33.9. The van der Waals surface area contributed by atoms with Crippen LogP contribution in [0.15, 0.2) is 23.8 Å². The van der Waals surface area contributed by atoms with Crippen LogP contribution in [0.1, 0.15) is 0 Å². The SMILES string of the molecule is FC(F)=C(F)C(F)(F)OC(F)(F)C(F)(F)C(F)(F)C(F)(F)C(F)(F)C(F)(F)OC(F)(F)C(F)=C(F)F. The molecule has 0 atom stereocenters. The lowest BCUT2D eigenvalue weighted by molar-refractivity contribution is -0.506. The normalized spacial score (nSPS) is 15.2. The fraction of sp³-hybridized carbons (Fsp3) is 0.667. The summed E-state index contributed by atoms with van der Waals surface area (Å²) in [6.07, 6.45) is -39.3. The van der Waals surface area contributed by atoms with E-state index in [1.165, 1.54) is 9.47 Å². The molecule has 0 amide bonds. The molecule has 0 aromatic carbocycles. The van der Waals surface area contributed by atoms with Crippen molar-refractivity contribution in [1.29, 1.82) is 0 Å². The molecule has 0 unspecified atom stereocenters. The van der Waals surface area contributed by atoms with E-state index in [-0.39, 0.29) is 0 Å². The summed E-state index contributed by atoms with van der Waals surface area (Å²) in [5.41, 5.74) is 0. The molecule has 0 N–H and O–H groups in total. The van der Waals surface area contributed by atoms with Crippen LogP contribution >= 0.6 is 0 Å². The van der Waals surface area contributed by atoms with E-state index >= 15 is 0 Å². The smallest absolute Gasteiger partial charge is 0.244 e. The third-order valence-corrected chi connectivity index (χ3v) is 3.27. The number of hydrogen-bond acceptors (Lipinski definition) is 2. The van der Waals surface area contributed by atoms with Gasteiger partial charge in [0.25, 0.3) is 11.7 Å². The highest BCUT2D eigenvalue weighted by atomic mass is 19.4. The van der Waals surface area contributed by atoms with Gasteiger partial charge in [0.15, 0.2) is 0 Å². The monoisotopic (exact) mass is 594 g/mol. The van der Waals surface area contributed by atoms with Crippen LogP contribution in [0.2, 0.25) is 0 Å². The second-order valence-electron chi connectivity index (χ2n) is 5.72. The molecule has 36 heavy (non-hydrogen) atoms. The van der Waals surface area contributed by atoms with Gasteiger partial charge in [-0.15, -0.1) is 0 Å². The Labute approximate surface area is 179 Å². The number of ether oxygens (including phenoxy) is 2. The summed E-state index contributed by atoms with van der Waals surface area (Å²) >= 11 is 0. The summed E-state index contributed by atoms with van der Waals surface area (Å²) in [4.78, 5) is 0. The molecule has 0 spiro atoms. The predicted octanol–water partition coefficient (Wildman–Crippen LogP) is 8.09. The van der Waals surface area contributed by atoms with Crippen molar-refractivity contribution in [1.82, 2.24) is 0 Å². The topological polar surface area (TPSA) is 18.5 Å². The molecule has 0 aliphatic rings. The van der Waals surface area contributed by atoms with E-state index in [4.69, 9.17) is 0 Å². The van der Waals surface area contributed by atoms with Gasteiger partial charge in [-0.2, -0.15) is 96.6 Å². The maximum Gasteiger partial charge on any atom is 0.430 e. The zero-order valence-electron chi connectivity index (χ0n) is 15.1. The second kappa shape index (κ2) is 9.31. The van der Waals surface area contributed by atoms with Crippen molar-refractivity contribution in [3.05, 3.63) is 23.8 Å². The van der Waals surface area contributed by atoms with E-state index < -0.39 is 71.9 Å². The van der Waals surface area contributed by atoms with Crippen molar-refractivity contribution < 1.29 is 106 Å². The molecule has 0 saturated heterocycles. The average Bonchev–Trinajstić information content (AvgIpc) is 2.63. The van der Waals surface area contributed by atoms with Gasteiger partial charge in [-0.05, 0) is 0 Å². The van der Waals surface area contributed by atoms with Gasteiger partial charge >= 0.3 is 60.3 Å². The highest BCUT2D eigenvalue weighted by molar-refractivity contribution is 5.11. The Balaban J connectivity index is 6.67. The van der Waals surface area contributed by atoms with Crippen LogP contribution in [0, 0.1) is 0 Å². The Morgan fingerprint density at radius 3 is 0.694 bits per heavy atom. The van der Waals surface area contributed by atoms with Crippen molar-refractivity contribution in [3.63, 3.8) is 0 Å².